The van der Waals surface area contributed by atoms with Crippen LogP contribution in [-0.4, -0.2) is 25.0 Å². The van der Waals surface area contributed by atoms with Gasteiger partial charge in [-0.15, -0.1) is 5.10 Å². The Morgan fingerprint density at radius 3 is 2.84 bits per heavy atom. The molecule has 0 aliphatic rings. The van der Waals surface area contributed by atoms with E-state index in [1.807, 2.05) is 25.2 Å². The van der Waals surface area contributed by atoms with Crippen molar-refractivity contribution in [1.82, 2.24) is 30.4 Å². The van der Waals surface area contributed by atoms with Gasteiger partial charge in [-0.2, -0.15) is 0 Å². The molecule has 96 valence electrons. The summed E-state index contributed by atoms with van der Waals surface area (Å²) in [5, 5.41) is 7.80. The lowest BCUT2D eigenvalue weighted by atomic mass is 10.0. The number of hydrazine groups is 1. The molecule has 1 atom stereocenters. The maximum Gasteiger partial charge on any atom is 0.0939 e. The fourth-order valence-corrected chi connectivity index (χ4v) is 2.14. The number of fused-ring (bicyclic) bond motifs is 1. The first-order valence-corrected chi connectivity index (χ1v) is 5.81. The molecule has 7 heteroatoms. The second kappa shape index (κ2) is 4.71. The van der Waals surface area contributed by atoms with Crippen molar-refractivity contribution in [1.29, 1.82) is 0 Å². The Bertz CT molecular complexity index is 701. The summed E-state index contributed by atoms with van der Waals surface area (Å²) in [4.78, 5) is 8.67. The summed E-state index contributed by atoms with van der Waals surface area (Å²) in [6.45, 7) is 0. The number of aryl methyl sites for hydroxylation is 1. The van der Waals surface area contributed by atoms with Crippen LogP contribution in [-0.2, 0) is 7.05 Å². The van der Waals surface area contributed by atoms with E-state index in [-0.39, 0.29) is 6.04 Å². The maximum absolute atomic E-state index is 5.69. The largest absolute Gasteiger partial charge is 0.271 e. The molecule has 3 aromatic rings. The lowest BCUT2D eigenvalue weighted by Gasteiger charge is -2.17. The van der Waals surface area contributed by atoms with E-state index in [2.05, 4.69) is 25.7 Å². The predicted octanol–water partition coefficient (Wildman–Crippen LogP) is 0.311. The van der Waals surface area contributed by atoms with Crippen LogP contribution in [0.3, 0.4) is 0 Å². The third-order valence-electron chi connectivity index (χ3n) is 3.05. The van der Waals surface area contributed by atoms with Gasteiger partial charge in [0.05, 0.1) is 29.0 Å². The SMILES string of the molecule is Cn1nncc1C(NN)c1cccc2nccnc12. The lowest BCUT2D eigenvalue weighted by molar-refractivity contribution is 0.572. The molecule has 3 N–H and O–H groups in total. The van der Waals surface area contributed by atoms with Crippen molar-refractivity contribution < 1.29 is 0 Å². The Balaban J connectivity index is 2.20. The second-order valence-electron chi connectivity index (χ2n) is 4.15. The minimum atomic E-state index is -0.236. The normalized spacial score (nSPS) is 12.7. The molecule has 0 radical (unpaired) electrons. The van der Waals surface area contributed by atoms with Crippen LogP contribution in [0.1, 0.15) is 17.3 Å². The van der Waals surface area contributed by atoms with E-state index < -0.39 is 0 Å². The van der Waals surface area contributed by atoms with Crippen LogP contribution in [0.4, 0.5) is 0 Å². The van der Waals surface area contributed by atoms with Gasteiger partial charge in [0.2, 0.25) is 0 Å². The fraction of sp³-hybridized carbons (Fsp3) is 0.167. The molecule has 7 nitrogen and oxygen atoms in total. The first-order chi connectivity index (χ1) is 9.31. The summed E-state index contributed by atoms with van der Waals surface area (Å²) >= 11 is 0. The van der Waals surface area contributed by atoms with Crippen LogP contribution in [0.25, 0.3) is 11.0 Å². The summed E-state index contributed by atoms with van der Waals surface area (Å²) in [6.07, 6.45) is 5.02. The van der Waals surface area contributed by atoms with Crippen LogP contribution >= 0.6 is 0 Å². The summed E-state index contributed by atoms with van der Waals surface area (Å²) in [5.41, 5.74) is 6.23. The average molecular weight is 255 g/mol. The van der Waals surface area contributed by atoms with Gasteiger partial charge in [0.15, 0.2) is 0 Å². The molecule has 0 aliphatic carbocycles. The van der Waals surface area contributed by atoms with Crippen molar-refractivity contribution in [2.24, 2.45) is 12.9 Å². The van der Waals surface area contributed by atoms with Crippen LogP contribution in [0, 0.1) is 0 Å². The smallest absolute Gasteiger partial charge is 0.0939 e. The zero-order chi connectivity index (χ0) is 13.2. The highest BCUT2D eigenvalue weighted by Gasteiger charge is 2.19. The van der Waals surface area contributed by atoms with E-state index in [4.69, 9.17) is 5.84 Å². The van der Waals surface area contributed by atoms with Gasteiger partial charge in [0.1, 0.15) is 0 Å². The topological polar surface area (TPSA) is 94.5 Å². The number of hydrogen-bond acceptors (Lipinski definition) is 6. The molecule has 0 saturated carbocycles. The summed E-state index contributed by atoms with van der Waals surface area (Å²) in [6, 6.07) is 5.58. The molecule has 2 aromatic heterocycles. The van der Waals surface area contributed by atoms with Crippen LogP contribution in [0.2, 0.25) is 0 Å². The van der Waals surface area contributed by atoms with Crippen LogP contribution in [0.5, 0.6) is 0 Å². The number of hydrogen-bond donors (Lipinski definition) is 2. The highest BCUT2D eigenvalue weighted by molar-refractivity contribution is 5.78. The van der Waals surface area contributed by atoms with Gasteiger partial charge in [-0.25, -0.2) is 5.43 Å². The van der Waals surface area contributed by atoms with Gasteiger partial charge in [-0.3, -0.25) is 20.5 Å². The van der Waals surface area contributed by atoms with Gasteiger partial charge in [-0.05, 0) is 6.07 Å². The number of nitrogens with zero attached hydrogens (tertiary/aromatic N) is 5. The number of nitrogens with one attached hydrogen (secondary N) is 1. The van der Waals surface area contributed by atoms with Crippen LogP contribution in [0.15, 0.2) is 36.8 Å². The van der Waals surface area contributed by atoms with E-state index in [1.54, 1.807) is 23.3 Å². The number of aromatic nitrogens is 5. The Morgan fingerprint density at radius 2 is 2.11 bits per heavy atom. The molecular formula is C12H13N7. The molecule has 0 bridgehead atoms. The Kier molecular flexibility index (Phi) is 2.90. The molecular weight excluding hydrogens is 242 g/mol. The molecule has 19 heavy (non-hydrogen) atoms. The van der Waals surface area contributed by atoms with Gasteiger partial charge in [0.25, 0.3) is 0 Å². The van der Waals surface area contributed by atoms with Gasteiger partial charge in [-0.1, -0.05) is 17.3 Å². The Morgan fingerprint density at radius 1 is 1.26 bits per heavy atom. The van der Waals surface area contributed by atoms with Crippen molar-refractivity contribution in [3.05, 3.63) is 48.0 Å². The Labute approximate surface area is 109 Å². The molecule has 0 amide bonds. The Hall–Kier alpha value is -2.38. The summed E-state index contributed by atoms with van der Waals surface area (Å²) < 4.78 is 1.68. The minimum absolute atomic E-state index is 0.236. The monoisotopic (exact) mass is 255 g/mol. The van der Waals surface area contributed by atoms with E-state index >= 15 is 0 Å². The summed E-state index contributed by atoms with van der Waals surface area (Å²) in [7, 11) is 1.82. The fourth-order valence-electron chi connectivity index (χ4n) is 2.14. The quantitative estimate of drug-likeness (QED) is 0.516. The zero-order valence-electron chi connectivity index (χ0n) is 10.4. The number of rotatable bonds is 3. The highest BCUT2D eigenvalue weighted by atomic mass is 15.4. The average Bonchev–Trinajstić information content (AvgIpc) is 2.86. The van der Waals surface area contributed by atoms with Crippen LogP contribution < -0.4 is 11.3 Å². The zero-order valence-corrected chi connectivity index (χ0v) is 10.4. The number of nitrogens with two attached hydrogens (primary N) is 1. The third kappa shape index (κ3) is 1.94. The number of benzene rings is 1. The predicted molar refractivity (Wildman–Crippen MR) is 69.7 cm³/mol. The lowest BCUT2D eigenvalue weighted by Crippen LogP contribution is -2.30. The van der Waals surface area contributed by atoms with E-state index in [9.17, 15) is 0 Å². The molecule has 0 fully saturated rings. The molecule has 3 rings (SSSR count). The highest BCUT2D eigenvalue weighted by Crippen LogP contribution is 2.25. The van der Waals surface area contributed by atoms with Crippen molar-refractivity contribution in [3.63, 3.8) is 0 Å². The first kappa shape index (κ1) is 11.7. The standard InChI is InChI=1S/C12H13N7/c1-19-10(7-16-18-19)12(17-13)8-3-2-4-9-11(8)15-6-5-14-9/h2-7,12,17H,13H2,1H3. The minimum Gasteiger partial charge on any atom is -0.271 e. The van der Waals surface area contributed by atoms with Crippen molar-refractivity contribution in [2.45, 2.75) is 6.04 Å². The van der Waals surface area contributed by atoms with Crippen molar-refractivity contribution >= 4 is 11.0 Å². The first-order valence-electron chi connectivity index (χ1n) is 5.81. The van der Waals surface area contributed by atoms with E-state index in [0.29, 0.717) is 0 Å². The van der Waals surface area contributed by atoms with Crippen molar-refractivity contribution in [2.75, 3.05) is 0 Å². The molecule has 2 heterocycles. The molecule has 0 saturated heterocycles. The summed E-state index contributed by atoms with van der Waals surface area (Å²) in [5.74, 6) is 5.69. The molecule has 0 spiro atoms. The number of para-hydroxylation sites is 1. The van der Waals surface area contributed by atoms with E-state index in [0.717, 1.165) is 22.3 Å². The molecule has 0 aliphatic heterocycles. The van der Waals surface area contributed by atoms with E-state index in [1.165, 1.54) is 0 Å². The van der Waals surface area contributed by atoms with Gasteiger partial charge >= 0.3 is 0 Å². The van der Waals surface area contributed by atoms with Crippen molar-refractivity contribution in [3.8, 4) is 0 Å². The molecule has 1 aromatic carbocycles. The van der Waals surface area contributed by atoms with Gasteiger partial charge in [0, 0.05) is 25.0 Å². The maximum atomic E-state index is 5.69. The third-order valence-corrected chi connectivity index (χ3v) is 3.05. The molecule has 1 unspecified atom stereocenters. The second-order valence-corrected chi connectivity index (χ2v) is 4.15. The van der Waals surface area contributed by atoms with Gasteiger partial charge < -0.3 is 0 Å².